The van der Waals surface area contributed by atoms with Crippen molar-refractivity contribution in [3.63, 3.8) is 0 Å². The van der Waals surface area contributed by atoms with Crippen molar-refractivity contribution >= 4 is 5.91 Å². The first-order valence-corrected chi connectivity index (χ1v) is 10.7. The lowest BCUT2D eigenvalue weighted by atomic mass is 9.74. The molecule has 1 amide bonds. The smallest absolute Gasteiger partial charge is 0.220 e. The Kier molecular flexibility index (Phi) is 7.70. The van der Waals surface area contributed by atoms with Crippen molar-refractivity contribution in [2.24, 2.45) is 0 Å². The molecule has 4 heteroatoms. The molecular formula is C25H33NO3. The van der Waals surface area contributed by atoms with E-state index >= 15 is 0 Å². The molecule has 1 N–H and O–H groups in total. The van der Waals surface area contributed by atoms with Gasteiger partial charge in [0.15, 0.2) is 0 Å². The molecule has 1 aliphatic heterocycles. The van der Waals surface area contributed by atoms with Crippen LogP contribution < -0.4 is 10.1 Å². The Morgan fingerprint density at radius 3 is 2.59 bits per heavy atom. The Hall–Kier alpha value is -2.33. The fourth-order valence-corrected chi connectivity index (χ4v) is 3.91. The molecule has 0 radical (unpaired) electrons. The molecule has 2 aromatic rings. The molecule has 2 aromatic carbocycles. The zero-order chi connectivity index (χ0) is 20.5. The van der Waals surface area contributed by atoms with E-state index in [0.29, 0.717) is 19.6 Å². The lowest BCUT2D eigenvalue weighted by molar-refractivity contribution is -0.121. The second-order valence-corrected chi connectivity index (χ2v) is 8.11. The Bertz CT molecular complexity index is 782. The lowest BCUT2D eigenvalue weighted by Gasteiger charge is -2.38. The minimum atomic E-state index is -0.0129. The van der Waals surface area contributed by atoms with Gasteiger partial charge in [-0.1, -0.05) is 42.5 Å². The van der Waals surface area contributed by atoms with Crippen LogP contribution in [0, 0.1) is 13.8 Å². The molecule has 0 spiro atoms. The van der Waals surface area contributed by atoms with Crippen LogP contribution in [0.15, 0.2) is 48.5 Å². The number of ether oxygens (including phenoxy) is 2. The van der Waals surface area contributed by atoms with Crippen LogP contribution in [-0.4, -0.2) is 32.3 Å². The summed E-state index contributed by atoms with van der Waals surface area (Å²) in [5, 5.41) is 3.18. The van der Waals surface area contributed by atoms with E-state index in [-0.39, 0.29) is 11.3 Å². The molecule has 3 rings (SSSR count). The average Bonchev–Trinajstić information content (AvgIpc) is 2.75. The van der Waals surface area contributed by atoms with Crippen LogP contribution >= 0.6 is 0 Å². The normalized spacial score (nSPS) is 15.7. The van der Waals surface area contributed by atoms with E-state index in [1.165, 1.54) is 11.1 Å². The summed E-state index contributed by atoms with van der Waals surface area (Å²) in [6.07, 6.45) is 4.14. The summed E-state index contributed by atoms with van der Waals surface area (Å²) in [6, 6.07) is 16.8. The van der Waals surface area contributed by atoms with E-state index in [1.54, 1.807) is 0 Å². The number of hydrogen-bond acceptors (Lipinski definition) is 3. The monoisotopic (exact) mass is 395 g/mol. The van der Waals surface area contributed by atoms with E-state index in [1.807, 2.05) is 6.07 Å². The third-order valence-electron chi connectivity index (χ3n) is 5.86. The van der Waals surface area contributed by atoms with E-state index < -0.39 is 0 Å². The summed E-state index contributed by atoms with van der Waals surface area (Å²) < 4.78 is 11.5. The summed E-state index contributed by atoms with van der Waals surface area (Å²) in [5.41, 5.74) is 3.63. The number of benzene rings is 2. The number of aryl methyl sites for hydroxylation is 2. The van der Waals surface area contributed by atoms with Gasteiger partial charge < -0.3 is 14.8 Å². The number of amides is 1. The van der Waals surface area contributed by atoms with Gasteiger partial charge in [-0.2, -0.15) is 0 Å². The molecule has 4 nitrogen and oxygen atoms in total. The predicted octanol–water partition coefficient (Wildman–Crippen LogP) is 4.72. The maximum atomic E-state index is 12.4. The predicted molar refractivity (Wildman–Crippen MR) is 116 cm³/mol. The van der Waals surface area contributed by atoms with Gasteiger partial charge in [0, 0.05) is 31.6 Å². The molecule has 1 aliphatic rings. The summed E-state index contributed by atoms with van der Waals surface area (Å²) in [4.78, 5) is 12.4. The first-order chi connectivity index (χ1) is 14.1. The Balaban J connectivity index is 1.41. The third kappa shape index (κ3) is 6.07. The molecule has 0 atom stereocenters. The number of carbonyl (C=O) groups excluding carboxylic acids is 1. The second-order valence-electron chi connectivity index (χ2n) is 8.11. The van der Waals surface area contributed by atoms with Crippen LogP contribution in [0.1, 0.15) is 48.8 Å². The number of carbonyl (C=O) groups is 1. The fourth-order valence-electron chi connectivity index (χ4n) is 3.91. The quantitative estimate of drug-likeness (QED) is 0.625. The van der Waals surface area contributed by atoms with E-state index in [0.717, 1.165) is 50.2 Å². The van der Waals surface area contributed by atoms with Crippen LogP contribution in [0.4, 0.5) is 0 Å². The van der Waals surface area contributed by atoms with Gasteiger partial charge in [-0.15, -0.1) is 0 Å². The number of unbranched alkanes of at least 4 members (excludes halogenated alkanes) is 1. The van der Waals surface area contributed by atoms with Crippen LogP contribution in [0.3, 0.4) is 0 Å². The van der Waals surface area contributed by atoms with Crippen molar-refractivity contribution in [1.82, 2.24) is 5.32 Å². The molecule has 0 saturated carbocycles. The van der Waals surface area contributed by atoms with Gasteiger partial charge in [-0.25, -0.2) is 0 Å². The molecule has 29 heavy (non-hydrogen) atoms. The molecule has 0 aromatic heterocycles. The Labute approximate surface area is 174 Å². The molecular weight excluding hydrogens is 362 g/mol. The van der Waals surface area contributed by atoms with Gasteiger partial charge in [0.1, 0.15) is 5.75 Å². The standard InChI is InChI=1S/C25H33NO3/c1-20-11-12-21(2)23(18-20)29-15-7-6-10-24(27)26-19-25(13-16-28-17-14-25)22-8-4-3-5-9-22/h3-5,8-9,11-12,18H,6-7,10,13-17,19H2,1-2H3,(H,26,27). The molecule has 1 heterocycles. The summed E-state index contributed by atoms with van der Waals surface area (Å²) in [7, 11) is 0. The second kappa shape index (κ2) is 10.4. The van der Waals surface area contributed by atoms with E-state index in [4.69, 9.17) is 9.47 Å². The molecule has 1 fully saturated rings. The number of nitrogens with one attached hydrogen (secondary N) is 1. The highest BCUT2D eigenvalue weighted by atomic mass is 16.5. The lowest BCUT2D eigenvalue weighted by Crippen LogP contribution is -2.44. The van der Waals surface area contributed by atoms with Crippen LogP contribution in [0.25, 0.3) is 0 Å². The topological polar surface area (TPSA) is 47.6 Å². The summed E-state index contributed by atoms with van der Waals surface area (Å²) in [6.45, 7) is 6.94. The Morgan fingerprint density at radius 2 is 1.83 bits per heavy atom. The first kappa shape index (κ1) is 21.4. The van der Waals surface area contributed by atoms with Gasteiger partial charge in [0.25, 0.3) is 0 Å². The molecule has 156 valence electrons. The highest BCUT2D eigenvalue weighted by Gasteiger charge is 2.34. The summed E-state index contributed by atoms with van der Waals surface area (Å²) in [5.74, 6) is 1.07. The van der Waals surface area contributed by atoms with Gasteiger partial charge in [0.2, 0.25) is 5.91 Å². The minimum absolute atomic E-state index is 0.0129. The van der Waals surface area contributed by atoms with E-state index in [9.17, 15) is 4.79 Å². The van der Waals surface area contributed by atoms with Crippen molar-refractivity contribution in [3.8, 4) is 5.75 Å². The van der Waals surface area contributed by atoms with Crippen LogP contribution in [0.5, 0.6) is 5.75 Å². The van der Waals surface area contributed by atoms with Crippen LogP contribution in [0.2, 0.25) is 0 Å². The first-order valence-electron chi connectivity index (χ1n) is 10.7. The molecule has 0 bridgehead atoms. The molecule has 0 aliphatic carbocycles. The zero-order valence-electron chi connectivity index (χ0n) is 17.7. The third-order valence-corrected chi connectivity index (χ3v) is 5.86. The SMILES string of the molecule is Cc1ccc(C)c(OCCCCC(=O)NCC2(c3ccccc3)CCOCC2)c1. The van der Waals surface area contributed by atoms with Crippen molar-refractivity contribution < 1.29 is 14.3 Å². The molecule has 0 unspecified atom stereocenters. The van der Waals surface area contributed by atoms with Crippen molar-refractivity contribution in [2.45, 2.75) is 51.4 Å². The number of rotatable bonds is 9. The largest absolute Gasteiger partial charge is 0.493 e. The van der Waals surface area contributed by atoms with Crippen molar-refractivity contribution in [2.75, 3.05) is 26.4 Å². The zero-order valence-corrected chi connectivity index (χ0v) is 17.7. The van der Waals surface area contributed by atoms with Gasteiger partial charge >= 0.3 is 0 Å². The number of hydrogen-bond donors (Lipinski definition) is 1. The van der Waals surface area contributed by atoms with Crippen molar-refractivity contribution in [1.29, 1.82) is 0 Å². The highest BCUT2D eigenvalue weighted by Crippen LogP contribution is 2.34. The van der Waals surface area contributed by atoms with Gasteiger partial charge in [-0.05, 0) is 62.3 Å². The Morgan fingerprint density at radius 1 is 1.07 bits per heavy atom. The molecule has 1 saturated heterocycles. The van der Waals surface area contributed by atoms with E-state index in [2.05, 4.69) is 61.6 Å². The van der Waals surface area contributed by atoms with Crippen LogP contribution in [-0.2, 0) is 14.9 Å². The maximum absolute atomic E-state index is 12.4. The van der Waals surface area contributed by atoms with Crippen molar-refractivity contribution in [3.05, 3.63) is 65.2 Å². The van der Waals surface area contributed by atoms with Gasteiger partial charge in [0.05, 0.1) is 6.61 Å². The minimum Gasteiger partial charge on any atom is -0.493 e. The average molecular weight is 396 g/mol. The highest BCUT2D eigenvalue weighted by molar-refractivity contribution is 5.76. The maximum Gasteiger partial charge on any atom is 0.220 e. The summed E-state index contributed by atoms with van der Waals surface area (Å²) >= 11 is 0. The van der Waals surface area contributed by atoms with Gasteiger partial charge in [-0.3, -0.25) is 4.79 Å². The fraction of sp³-hybridized carbons (Fsp3) is 0.480.